The number of ether oxygens (including phenoxy) is 1. The summed E-state index contributed by atoms with van der Waals surface area (Å²) in [5, 5.41) is 3.71. The van der Waals surface area contributed by atoms with E-state index in [2.05, 4.69) is 10.2 Å². The van der Waals surface area contributed by atoms with Crippen molar-refractivity contribution in [2.45, 2.75) is 31.7 Å². The van der Waals surface area contributed by atoms with Crippen LogP contribution in [0, 0.1) is 5.92 Å². The van der Waals surface area contributed by atoms with E-state index in [0.29, 0.717) is 12.6 Å². The molecule has 5 heteroatoms. The quantitative estimate of drug-likeness (QED) is 0.800. The molecule has 0 aliphatic carbocycles. The van der Waals surface area contributed by atoms with Crippen LogP contribution < -0.4 is 5.32 Å². The molecule has 0 spiro atoms. The van der Waals surface area contributed by atoms with E-state index in [0.717, 1.165) is 51.6 Å². The first kappa shape index (κ1) is 15.7. The molecular weight excluding hydrogens is 254 g/mol. The molecule has 2 fully saturated rings. The van der Waals surface area contributed by atoms with Crippen LogP contribution in [0.25, 0.3) is 0 Å². The summed E-state index contributed by atoms with van der Waals surface area (Å²) in [6, 6.07) is 0.628. The van der Waals surface area contributed by atoms with E-state index in [1.54, 1.807) is 4.90 Å². The first-order valence-corrected chi connectivity index (χ1v) is 7.89. The number of hydrogen-bond donors (Lipinski definition) is 1. The second-order valence-corrected chi connectivity index (χ2v) is 6.30. The fourth-order valence-electron chi connectivity index (χ4n) is 2.91. The van der Waals surface area contributed by atoms with Gasteiger partial charge in [0.15, 0.2) is 0 Å². The highest BCUT2D eigenvalue weighted by atomic mass is 16.5. The smallest absolute Gasteiger partial charge is 0.236 e. The largest absolute Gasteiger partial charge is 0.381 e. The molecule has 0 aromatic heterocycles. The van der Waals surface area contributed by atoms with Gasteiger partial charge in [-0.2, -0.15) is 0 Å². The van der Waals surface area contributed by atoms with Crippen LogP contribution in [0.15, 0.2) is 0 Å². The lowest BCUT2D eigenvalue weighted by atomic mass is 9.98. The van der Waals surface area contributed by atoms with E-state index in [1.165, 1.54) is 12.8 Å². The van der Waals surface area contributed by atoms with Gasteiger partial charge in [-0.25, -0.2) is 0 Å². The molecule has 0 bridgehead atoms. The van der Waals surface area contributed by atoms with Gasteiger partial charge in [-0.1, -0.05) is 0 Å². The molecule has 0 aromatic rings. The fourth-order valence-corrected chi connectivity index (χ4v) is 2.91. The number of rotatable bonds is 5. The van der Waals surface area contributed by atoms with Crippen LogP contribution in [-0.4, -0.2) is 75.2 Å². The van der Waals surface area contributed by atoms with Crippen LogP contribution in [0.5, 0.6) is 0 Å². The minimum absolute atomic E-state index is 0.207. The Morgan fingerprint density at radius 2 is 1.85 bits per heavy atom. The third kappa shape index (κ3) is 5.04. The zero-order chi connectivity index (χ0) is 14.4. The molecule has 0 radical (unpaired) electrons. The van der Waals surface area contributed by atoms with E-state index in [-0.39, 0.29) is 5.91 Å². The summed E-state index contributed by atoms with van der Waals surface area (Å²) in [6.45, 7) is 5.62. The third-order valence-electron chi connectivity index (χ3n) is 4.48. The van der Waals surface area contributed by atoms with Crippen molar-refractivity contribution in [3.8, 4) is 0 Å². The lowest BCUT2D eigenvalue weighted by Gasteiger charge is -2.33. The second-order valence-electron chi connectivity index (χ2n) is 6.30. The Morgan fingerprint density at radius 1 is 1.20 bits per heavy atom. The van der Waals surface area contributed by atoms with Crippen molar-refractivity contribution < 1.29 is 9.53 Å². The number of hydrogen-bond acceptors (Lipinski definition) is 4. The summed E-state index contributed by atoms with van der Waals surface area (Å²) in [4.78, 5) is 15.6. The summed E-state index contributed by atoms with van der Waals surface area (Å²) in [7, 11) is 3.65. The van der Waals surface area contributed by atoms with Gasteiger partial charge in [0.1, 0.15) is 0 Å². The predicted octanol–water partition coefficient (Wildman–Crippen LogP) is 0.555. The third-order valence-corrected chi connectivity index (χ3v) is 4.48. The van der Waals surface area contributed by atoms with E-state index >= 15 is 0 Å². The molecule has 1 N–H and O–H groups in total. The monoisotopic (exact) mass is 283 g/mol. The number of nitrogens with one attached hydrogen (secondary N) is 1. The summed E-state index contributed by atoms with van der Waals surface area (Å²) < 4.78 is 5.39. The Hall–Kier alpha value is -0.650. The van der Waals surface area contributed by atoms with Crippen LogP contribution in [0.4, 0.5) is 0 Å². The molecule has 20 heavy (non-hydrogen) atoms. The van der Waals surface area contributed by atoms with Crippen LogP contribution >= 0.6 is 0 Å². The normalized spacial score (nSPS) is 22.9. The van der Waals surface area contributed by atoms with Crippen molar-refractivity contribution in [3.05, 3.63) is 0 Å². The summed E-state index contributed by atoms with van der Waals surface area (Å²) >= 11 is 0. The van der Waals surface area contributed by atoms with Crippen molar-refractivity contribution in [3.63, 3.8) is 0 Å². The highest BCUT2D eigenvalue weighted by Crippen LogP contribution is 2.15. The van der Waals surface area contributed by atoms with Gasteiger partial charge < -0.3 is 15.0 Å². The van der Waals surface area contributed by atoms with E-state index in [1.807, 2.05) is 14.1 Å². The first-order chi connectivity index (χ1) is 9.65. The number of piperidine rings is 1. The predicted molar refractivity (Wildman–Crippen MR) is 79.7 cm³/mol. The molecule has 116 valence electrons. The van der Waals surface area contributed by atoms with Gasteiger partial charge in [0.25, 0.3) is 0 Å². The Labute approximate surface area is 122 Å². The molecule has 0 saturated carbocycles. The minimum Gasteiger partial charge on any atom is -0.381 e. The van der Waals surface area contributed by atoms with Crippen LogP contribution in [0.3, 0.4) is 0 Å². The molecule has 2 heterocycles. The molecule has 2 aliphatic heterocycles. The zero-order valence-corrected chi connectivity index (χ0v) is 12.9. The topological polar surface area (TPSA) is 44.8 Å². The second kappa shape index (κ2) is 7.96. The Kier molecular flexibility index (Phi) is 6.26. The number of carbonyl (C=O) groups excluding carboxylic acids is 1. The molecular formula is C15H29N3O2. The average Bonchev–Trinajstić information content (AvgIpc) is 2.47. The highest BCUT2D eigenvalue weighted by Gasteiger charge is 2.22. The maximum atomic E-state index is 11.7. The average molecular weight is 283 g/mol. The van der Waals surface area contributed by atoms with Gasteiger partial charge in [-0.3, -0.25) is 9.69 Å². The van der Waals surface area contributed by atoms with E-state index < -0.39 is 0 Å². The van der Waals surface area contributed by atoms with Crippen molar-refractivity contribution >= 4 is 5.91 Å². The number of carbonyl (C=O) groups is 1. The maximum absolute atomic E-state index is 11.7. The lowest BCUT2D eigenvalue weighted by molar-refractivity contribution is -0.130. The maximum Gasteiger partial charge on any atom is 0.236 e. The number of amides is 1. The summed E-state index contributed by atoms with van der Waals surface area (Å²) in [5.41, 5.74) is 0. The first-order valence-electron chi connectivity index (χ1n) is 7.89. The van der Waals surface area contributed by atoms with Crippen molar-refractivity contribution in [1.29, 1.82) is 0 Å². The number of likely N-dealkylation sites (tertiary alicyclic amines) is 1. The van der Waals surface area contributed by atoms with Crippen molar-refractivity contribution in [2.75, 3.05) is 53.5 Å². The SMILES string of the molecule is CN(C)C(=O)CN1CCC(NCC2CCOCC2)CC1. The van der Waals surface area contributed by atoms with E-state index in [9.17, 15) is 4.79 Å². The molecule has 0 aromatic carbocycles. The minimum atomic E-state index is 0.207. The van der Waals surface area contributed by atoms with Gasteiger partial charge >= 0.3 is 0 Å². The Morgan fingerprint density at radius 3 is 2.45 bits per heavy atom. The van der Waals surface area contributed by atoms with E-state index in [4.69, 9.17) is 4.74 Å². The highest BCUT2D eigenvalue weighted by molar-refractivity contribution is 5.77. The molecule has 1 amide bonds. The summed E-state index contributed by atoms with van der Waals surface area (Å²) in [5.74, 6) is 0.996. The Bertz CT molecular complexity index is 295. The van der Waals surface area contributed by atoms with Gasteiger partial charge in [0.2, 0.25) is 5.91 Å². The van der Waals surface area contributed by atoms with Crippen LogP contribution in [0.2, 0.25) is 0 Å². The van der Waals surface area contributed by atoms with Gasteiger partial charge in [0.05, 0.1) is 6.54 Å². The molecule has 0 atom stereocenters. The van der Waals surface area contributed by atoms with Gasteiger partial charge in [-0.05, 0) is 38.1 Å². The zero-order valence-electron chi connectivity index (χ0n) is 12.9. The molecule has 2 rings (SSSR count). The fraction of sp³-hybridized carbons (Fsp3) is 0.933. The van der Waals surface area contributed by atoms with Crippen molar-refractivity contribution in [2.24, 2.45) is 5.92 Å². The van der Waals surface area contributed by atoms with Crippen LogP contribution in [0.1, 0.15) is 25.7 Å². The molecule has 2 aliphatic rings. The summed E-state index contributed by atoms with van der Waals surface area (Å²) in [6.07, 6.45) is 4.71. The lowest BCUT2D eigenvalue weighted by Crippen LogP contribution is -2.46. The molecule has 0 unspecified atom stereocenters. The van der Waals surface area contributed by atoms with Gasteiger partial charge in [-0.15, -0.1) is 0 Å². The Balaban J connectivity index is 1.60. The van der Waals surface area contributed by atoms with Crippen molar-refractivity contribution in [1.82, 2.24) is 15.1 Å². The molecule has 5 nitrogen and oxygen atoms in total. The number of likely N-dealkylation sites (N-methyl/N-ethyl adjacent to an activating group) is 1. The molecule has 2 saturated heterocycles. The number of nitrogens with zero attached hydrogens (tertiary/aromatic N) is 2. The van der Waals surface area contributed by atoms with Gasteiger partial charge in [0, 0.05) is 46.4 Å². The van der Waals surface area contributed by atoms with Crippen LogP contribution in [-0.2, 0) is 9.53 Å². The standard InChI is InChI=1S/C15H29N3O2/c1-17(2)15(19)12-18-7-3-14(4-8-18)16-11-13-5-9-20-10-6-13/h13-14,16H,3-12H2,1-2H3.